The van der Waals surface area contributed by atoms with Crippen LogP contribution in [0.5, 0.6) is 5.75 Å². The molecule has 0 aliphatic carbocycles. The van der Waals surface area contributed by atoms with Gasteiger partial charge in [-0.15, -0.1) is 0 Å². The minimum absolute atomic E-state index is 0.0713. The van der Waals surface area contributed by atoms with Crippen LogP contribution in [0.25, 0.3) is 0 Å². The topological polar surface area (TPSA) is 143 Å². The zero-order chi connectivity index (χ0) is 30.1. The van der Waals surface area contributed by atoms with Gasteiger partial charge < -0.3 is 31.3 Å². The molecular weight excluding hydrogens is 534 g/mol. The van der Waals surface area contributed by atoms with E-state index in [1.54, 1.807) is 36.3 Å². The summed E-state index contributed by atoms with van der Waals surface area (Å²) in [6.45, 7) is 2.62. The van der Waals surface area contributed by atoms with Crippen LogP contribution in [0.3, 0.4) is 0 Å². The molecule has 2 aliphatic heterocycles. The molecule has 4 rings (SSSR count). The zero-order valence-electron chi connectivity index (χ0n) is 24.5. The van der Waals surface area contributed by atoms with Crippen LogP contribution in [-0.2, 0) is 20.8 Å². The summed E-state index contributed by atoms with van der Waals surface area (Å²) < 4.78 is 5.20. The lowest BCUT2D eigenvalue weighted by Crippen LogP contribution is -2.58. The molecule has 10 heteroatoms. The SMILES string of the molecule is CC[C@H](N)C(=O)NC1C(=O)N2C(CCC1CCNC(=O)c1ccccc1)CC[C@H]2C(=O)NCCc1ccc(OC)cc1. The number of nitrogens with zero attached hydrogens (tertiary/aromatic N) is 1. The van der Waals surface area contributed by atoms with E-state index in [2.05, 4.69) is 16.0 Å². The number of carbonyl (C=O) groups is 4. The van der Waals surface area contributed by atoms with Crippen LogP contribution >= 0.6 is 0 Å². The smallest absolute Gasteiger partial charge is 0.251 e. The monoisotopic (exact) mass is 577 g/mol. The fourth-order valence-corrected chi connectivity index (χ4v) is 5.93. The van der Waals surface area contributed by atoms with Crippen molar-refractivity contribution in [1.29, 1.82) is 0 Å². The van der Waals surface area contributed by atoms with Gasteiger partial charge >= 0.3 is 0 Å². The Morgan fingerprint density at radius 2 is 1.69 bits per heavy atom. The fraction of sp³-hybridized carbons (Fsp3) is 0.500. The summed E-state index contributed by atoms with van der Waals surface area (Å²) in [4.78, 5) is 54.5. The van der Waals surface area contributed by atoms with Gasteiger partial charge in [-0.25, -0.2) is 0 Å². The molecule has 0 bridgehead atoms. The lowest BCUT2D eigenvalue weighted by molar-refractivity contribution is -0.143. The Balaban J connectivity index is 1.41. The zero-order valence-corrected chi connectivity index (χ0v) is 24.5. The highest BCUT2D eigenvalue weighted by Gasteiger charge is 2.47. The molecule has 2 fully saturated rings. The van der Waals surface area contributed by atoms with Gasteiger partial charge in [0.25, 0.3) is 5.91 Å². The third-order valence-electron chi connectivity index (χ3n) is 8.45. The van der Waals surface area contributed by atoms with E-state index in [-0.39, 0.29) is 35.6 Å². The van der Waals surface area contributed by atoms with E-state index in [1.165, 1.54) is 0 Å². The maximum atomic E-state index is 14.1. The van der Waals surface area contributed by atoms with Gasteiger partial charge in [0, 0.05) is 24.7 Å². The predicted octanol–water partition coefficient (Wildman–Crippen LogP) is 2.17. The molecule has 2 aromatic carbocycles. The highest BCUT2D eigenvalue weighted by Crippen LogP contribution is 2.35. The molecule has 226 valence electrons. The second kappa shape index (κ2) is 14.8. The van der Waals surface area contributed by atoms with E-state index in [4.69, 9.17) is 10.5 Å². The number of fused-ring (bicyclic) bond motifs is 1. The Kier molecular flexibility index (Phi) is 10.9. The highest BCUT2D eigenvalue weighted by molar-refractivity contribution is 5.95. The van der Waals surface area contributed by atoms with Crippen molar-refractivity contribution in [3.63, 3.8) is 0 Å². The summed E-state index contributed by atoms with van der Waals surface area (Å²) in [7, 11) is 1.62. The number of ether oxygens (including phenoxy) is 1. The molecule has 3 unspecified atom stereocenters. The van der Waals surface area contributed by atoms with Crippen LogP contribution in [0.2, 0.25) is 0 Å². The largest absolute Gasteiger partial charge is 0.497 e. The van der Waals surface area contributed by atoms with Gasteiger partial charge in [-0.05, 0) is 80.7 Å². The maximum absolute atomic E-state index is 14.1. The number of benzene rings is 2. The number of hydrogen-bond acceptors (Lipinski definition) is 6. The van der Waals surface area contributed by atoms with E-state index in [0.29, 0.717) is 50.8 Å². The van der Waals surface area contributed by atoms with Gasteiger partial charge in [0.2, 0.25) is 17.7 Å². The second-order valence-electron chi connectivity index (χ2n) is 11.1. The molecule has 2 aliphatic rings. The van der Waals surface area contributed by atoms with Crippen molar-refractivity contribution in [2.45, 2.75) is 76.0 Å². The highest BCUT2D eigenvalue weighted by atomic mass is 16.5. The number of rotatable bonds is 12. The van der Waals surface area contributed by atoms with E-state index < -0.39 is 18.1 Å². The van der Waals surface area contributed by atoms with Crippen molar-refractivity contribution in [1.82, 2.24) is 20.9 Å². The van der Waals surface area contributed by atoms with Crippen molar-refractivity contribution in [3.05, 3.63) is 65.7 Å². The van der Waals surface area contributed by atoms with Crippen molar-refractivity contribution >= 4 is 23.6 Å². The van der Waals surface area contributed by atoms with Crippen LogP contribution in [0.15, 0.2) is 54.6 Å². The van der Waals surface area contributed by atoms with Gasteiger partial charge in [0.05, 0.1) is 13.2 Å². The molecule has 4 amide bonds. The van der Waals surface area contributed by atoms with Gasteiger partial charge in [-0.3, -0.25) is 19.2 Å². The minimum atomic E-state index is -0.818. The summed E-state index contributed by atoms with van der Waals surface area (Å²) in [6.07, 6.45) is 4.33. The average molecular weight is 578 g/mol. The number of hydrogen-bond donors (Lipinski definition) is 4. The first-order valence-electron chi connectivity index (χ1n) is 14.9. The lowest BCUT2D eigenvalue weighted by atomic mass is 9.90. The van der Waals surface area contributed by atoms with Crippen LogP contribution in [-0.4, -0.2) is 72.9 Å². The Morgan fingerprint density at radius 1 is 0.976 bits per heavy atom. The normalized spacial score (nSPS) is 22.5. The summed E-state index contributed by atoms with van der Waals surface area (Å²) in [5, 5.41) is 8.87. The van der Waals surface area contributed by atoms with Crippen molar-refractivity contribution in [3.8, 4) is 5.75 Å². The quantitative estimate of drug-likeness (QED) is 0.305. The number of methoxy groups -OCH3 is 1. The summed E-state index contributed by atoms with van der Waals surface area (Å²) in [5.41, 5.74) is 7.64. The van der Waals surface area contributed by atoms with E-state index in [9.17, 15) is 19.2 Å². The third kappa shape index (κ3) is 7.67. The standard InChI is InChI=1S/C32H43N5O5/c1-3-26(33)30(39)36-28-22(18-20-34-29(38)23-7-5-4-6-8-23)11-12-24-13-16-27(37(24)32(28)41)31(40)35-19-17-21-9-14-25(42-2)15-10-21/h4-10,14-15,22,24,26-28H,3,11-13,16-20,33H2,1-2H3,(H,34,38)(H,35,40)(H,36,39)/t22?,24?,26-,27-,28?/m0/s1. The molecule has 5 N–H and O–H groups in total. The van der Waals surface area contributed by atoms with E-state index >= 15 is 0 Å². The average Bonchev–Trinajstić information content (AvgIpc) is 3.40. The summed E-state index contributed by atoms with van der Waals surface area (Å²) >= 11 is 0. The Bertz CT molecular complexity index is 1220. The van der Waals surface area contributed by atoms with Crippen LogP contribution in [0.4, 0.5) is 0 Å². The first-order chi connectivity index (χ1) is 20.3. The number of carbonyl (C=O) groups excluding carboxylic acids is 4. The van der Waals surface area contributed by atoms with Crippen LogP contribution < -0.4 is 26.4 Å². The van der Waals surface area contributed by atoms with Gasteiger partial charge in [-0.2, -0.15) is 0 Å². The Labute approximate surface area is 247 Å². The molecule has 5 atom stereocenters. The molecular formula is C32H43N5O5. The van der Waals surface area contributed by atoms with Crippen molar-refractivity contribution in [2.24, 2.45) is 11.7 Å². The molecule has 0 saturated carbocycles. The molecule has 0 aromatic heterocycles. The second-order valence-corrected chi connectivity index (χ2v) is 11.1. The van der Waals surface area contributed by atoms with E-state index in [1.807, 2.05) is 37.3 Å². The Morgan fingerprint density at radius 3 is 2.38 bits per heavy atom. The minimum Gasteiger partial charge on any atom is -0.497 e. The van der Waals surface area contributed by atoms with Gasteiger partial charge in [0.1, 0.15) is 17.8 Å². The number of nitrogens with two attached hydrogens (primary N) is 1. The third-order valence-corrected chi connectivity index (χ3v) is 8.45. The first kappa shape index (κ1) is 31.0. The molecule has 0 radical (unpaired) electrons. The van der Waals surface area contributed by atoms with Crippen LogP contribution in [0.1, 0.15) is 61.4 Å². The number of nitrogens with one attached hydrogen (secondary N) is 3. The van der Waals surface area contributed by atoms with Gasteiger partial charge in [-0.1, -0.05) is 37.3 Å². The molecule has 2 aromatic rings. The number of amides is 4. The first-order valence-corrected chi connectivity index (χ1v) is 14.9. The van der Waals surface area contributed by atoms with Crippen LogP contribution in [0, 0.1) is 5.92 Å². The van der Waals surface area contributed by atoms with E-state index in [0.717, 1.165) is 24.2 Å². The molecule has 2 heterocycles. The molecule has 2 saturated heterocycles. The van der Waals surface area contributed by atoms with Crippen molar-refractivity contribution in [2.75, 3.05) is 20.2 Å². The van der Waals surface area contributed by atoms with Crippen molar-refractivity contribution < 1.29 is 23.9 Å². The predicted molar refractivity (Wildman–Crippen MR) is 160 cm³/mol. The fourth-order valence-electron chi connectivity index (χ4n) is 5.93. The lowest BCUT2D eigenvalue weighted by Gasteiger charge is -2.32. The Hall–Kier alpha value is -3.92. The molecule has 0 spiro atoms. The summed E-state index contributed by atoms with van der Waals surface area (Å²) in [5.74, 6) is -0.420. The maximum Gasteiger partial charge on any atom is 0.251 e. The molecule has 10 nitrogen and oxygen atoms in total. The molecule has 42 heavy (non-hydrogen) atoms. The summed E-state index contributed by atoms with van der Waals surface area (Å²) in [6, 6.07) is 14.4. The van der Waals surface area contributed by atoms with Gasteiger partial charge in [0.15, 0.2) is 0 Å².